The number of rotatable bonds is 7. The van der Waals surface area contributed by atoms with Crippen LogP contribution in [0.25, 0.3) is 5.65 Å². The van der Waals surface area contributed by atoms with Crippen molar-refractivity contribution in [3.8, 4) is 12.1 Å². The summed E-state index contributed by atoms with van der Waals surface area (Å²) >= 11 is 6.83. The van der Waals surface area contributed by atoms with Crippen LogP contribution in [0.2, 0.25) is 5.02 Å². The third-order valence-electron chi connectivity index (χ3n) is 6.28. The Bertz CT molecular complexity index is 1380. The Morgan fingerprint density at radius 3 is 2.63 bits per heavy atom. The van der Waals surface area contributed by atoms with Crippen molar-refractivity contribution in [1.29, 1.82) is 10.5 Å². The average Bonchev–Trinajstić information content (AvgIpc) is 3.56. The minimum absolute atomic E-state index is 0.134. The molecular weight excluding hydrogens is 468 g/mol. The number of likely N-dealkylation sites (tertiary alicyclic amines) is 1. The molecule has 178 valence electrons. The second kappa shape index (κ2) is 9.37. The zero-order valence-corrected chi connectivity index (χ0v) is 19.6. The molecule has 1 aromatic carbocycles. The van der Waals surface area contributed by atoms with E-state index in [1.165, 1.54) is 10.7 Å². The topological polar surface area (TPSA) is 161 Å². The summed E-state index contributed by atoms with van der Waals surface area (Å²) in [4.78, 5) is 22.1. The monoisotopic (exact) mass is 490 g/mol. The van der Waals surface area contributed by atoms with Crippen LogP contribution in [0.3, 0.4) is 0 Å². The van der Waals surface area contributed by atoms with Crippen molar-refractivity contribution in [3.05, 3.63) is 40.2 Å². The van der Waals surface area contributed by atoms with Gasteiger partial charge in [-0.05, 0) is 62.4 Å². The molecule has 1 saturated heterocycles. The van der Waals surface area contributed by atoms with Gasteiger partial charge in [-0.25, -0.2) is 4.98 Å². The molecule has 0 atom stereocenters. The first kappa shape index (κ1) is 22.8. The van der Waals surface area contributed by atoms with Gasteiger partial charge in [-0.15, -0.1) is 5.10 Å². The first-order chi connectivity index (χ1) is 16.9. The SMILES string of the molecule is N#Cc1cc(Nc2nc(NC3CC3)c3ncc(C#N)n3n2)c(Cl)c(C2CCN(CC(N)=O)CC2)c1. The molecule has 0 spiro atoms. The smallest absolute Gasteiger partial charge is 0.247 e. The lowest BCUT2D eigenvalue weighted by molar-refractivity contribution is -0.119. The van der Waals surface area contributed by atoms with Gasteiger partial charge in [0.1, 0.15) is 6.07 Å². The van der Waals surface area contributed by atoms with Gasteiger partial charge >= 0.3 is 0 Å². The van der Waals surface area contributed by atoms with Crippen LogP contribution in [0.1, 0.15) is 48.4 Å². The molecule has 4 N–H and O–H groups in total. The van der Waals surface area contributed by atoms with Gasteiger partial charge in [0.25, 0.3) is 0 Å². The van der Waals surface area contributed by atoms with E-state index in [1.807, 2.05) is 11.0 Å². The summed E-state index contributed by atoms with van der Waals surface area (Å²) < 4.78 is 1.44. The number of benzene rings is 1. The zero-order valence-electron chi connectivity index (χ0n) is 18.8. The van der Waals surface area contributed by atoms with E-state index < -0.39 is 0 Å². The van der Waals surface area contributed by atoms with Crippen molar-refractivity contribution in [2.45, 2.75) is 37.6 Å². The molecular formula is C23H23ClN10O. The Morgan fingerprint density at radius 1 is 1.20 bits per heavy atom. The third-order valence-corrected chi connectivity index (χ3v) is 6.70. The molecule has 2 aliphatic rings. The quantitative estimate of drug-likeness (QED) is 0.451. The maximum Gasteiger partial charge on any atom is 0.247 e. The summed E-state index contributed by atoms with van der Waals surface area (Å²) in [6, 6.07) is 8.09. The standard InChI is InChI=1S/C23H23ClN10O/c24-20-17(14-3-5-33(6-4-14)12-19(27)35)7-13(9-25)8-18(20)30-23-31-21(29-15-1-2-15)22-28-11-16(10-26)34(22)32-23/h7-8,11,14-15H,1-6,12H2,(H2,27,35)(H2,29,30,31,32). The zero-order chi connectivity index (χ0) is 24.5. The Hall–Kier alpha value is -3.93. The number of imidazole rings is 1. The molecule has 11 nitrogen and oxygen atoms in total. The molecule has 1 amide bonds. The highest BCUT2D eigenvalue weighted by Gasteiger charge is 2.26. The maximum absolute atomic E-state index is 11.2. The van der Waals surface area contributed by atoms with Crippen molar-refractivity contribution in [2.75, 3.05) is 30.3 Å². The fourth-order valence-electron chi connectivity index (χ4n) is 4.37. The molecule has 1 saturated carbocycles. The largest absolute Gasteiger partial charge is 0.369 e. The number of anilines is 3. The number of piperidine rings is 1. The van der Waals surface area contributed by atoms with Crippen LogP contribution in [0, 0.1) is 22.7 Å². The van der Waals surface area contributed by atoms with Gasteiger partial charge in [-0.2, -0.15) is 20.0 Å². The summed E-state index contributed by atoms with van der Waals surface area (Å²) in [5, 5.41) is 30.5. The molecule has 1 aliphatic heterocycles. The Labute approximate surface area is 206 Å². The number of fused-ring (bicyclic) bond motifs is 1. The number of amides is 1. The van der Waals surface area contributed by atoms with Crippen molar-refractivity contribution in [3.63, 3.8) is 0 Å². The maximum atomic E-state index is 11.2. The second-order valence-corrected chi connectivity index (χ2v) is 9.25. The van der Waals surface area contributed by atoms with Gasteiger partial charge in [-0.3, -0.25) is 9.69 Å². The molecule has 0 radical (unpaired) electrons. The summed E-state index contributed by atoms with van der Waals surface area (Å²) in [7, 11) is 0. The Kier molecular flexibility index (Phi) is 6.12. The predicted octanol–water partition coefficient (Wildman–Crippen LogP) is 2.50. The second-order valence-electron chi connectivity index (χ2n) is 8.87. The van der Waals surface area contributed by atoms with Crippen LogP contribution < -0.4 is 16.4 Å². The van der Waals surface area contributed by atoms with Crippen molar-refractivity contribution in [2.24, 2.45) is 5.73 Å². The van der Waals surface area contributed by atoms with Crippen LogP contribution >= 0.6 is 11.6 Å². The van der Waals surface area contributed by atoms with Crippen LogP contribution in [0.5, 0.6) is 0 Å². The number of nitrogens with zero attached hydrogens (tertiary/aromatic N) is 7. The molecule has 35 heavy (non-hydrogen) atoms. The minimum Gasteiger partial charge on any atom is -0.369 e. The fourth-order valence-corrected chi connectivity index (χ4v) is 4.68. The van der Waals surface area contributed by atoms with Crippen molar-refractivity contribution in [1.82, 2.24) is 24.5 Å². The summed E-state index contributed by atoms with van der Waals surface area (Å²) in [5.74, 6) is 0.551. The van der Waals surface area contributed by atoms with Gasteiger partial charge < -0.3 is 16.4 Å². The Balaban J connectivity index is 1.46. The molecule has 2 fully saturated rings. The Morgan fingerprint density at radius 2 is 1.97 bits per heavy atom. The number of hydrogen-bond donors (Lipinski definition) is 3. The average molecular weight is 491 g/mol. The van der Waals surface area contributed by atoms with Gasteiger partial charge in [0.05, 0.1) is 35.1 Å². The molecule has 12 heteroatoms. The van der Waals surface area contributed by atoms with Crippen LogP contribution in [-0.2, 0) is 4.79 Å². The number of carbonyl (C=O) groups is 1. The van der Waals surface area contributed by atoms with E-state index in [-0.39, 0.29) is 30.0 Å². The summed E-state index contributed by atoms with van der Waals surface area (Å²) in [5.41, 5.74) is 7.92. The number of carbonyl (C=O) groups excluding carboxylic acids is 1. The fraction of sp³-hybridized carbons (Fsp3) is 0.391. The molecule has 1 aliphatic carbocycles. The van der Waals surface area contributed by atoms with Crippen LogP contribution in [0.15, 0.2) is 18.3 Å². The lowest BCUT2D eigenvalue weighted by Crippen LogP contribution is -2.39. The molecule has 2 aromatic heterocycles. The van der Waals surface area contributed by atoms with E-state index in [1.54, 1.807) is 6.07 Å². The molecule has 0 unspecified atom stereocenters. The highest BCUT2D eigenvalue weighted by Crippen LogP contribution is 2.38. The highest BCUT2D eigenvalue weighted by molar-refractivity contribution is 6.34. The highest BCUT2D eigenvalue weighted by atomic mass is 35.5. The first-order valence-corrected chi connectivity index (χ1v) is 11.8. The predicted molar refractivity (Wildman–Crippen MR) is 129 cm³/mol. The lowest BCUT2D eigenvalue weighted by Gasteiger charge is -2.32. The normalized spacial score (nSPS) is 16.5. The van der Waals surface area contributed by atoms with E-state index in [9.17, 15) is 15.3 Å². The minimum atomic E-state index is -0.343. The van der Waals surface area contributed by atoms with Crippen LogP contribution in [-0.4, -0.2) is 56.1 Å². The number of hydrogen-bond acceptors (Lipinski definition) is 9. The van der Waals surface area contributed by atoms with Gasteiger partial charge in [0.2, 0.25) is 11.9 Å². The molecule has 0 bridgehead atoms. The number of nitrogens with one attached hydrogen (secondary N) is 2. The van der Waals surface area contributed by atoms with Crippen molar-refractivity contribution >= 4 is 40.6 Å². The lowest BCUT2D eigenvalue weighted by atomic mass is 9.88. The number of nitrogens with two attached hydrogens (primary N) is 1. The number of primary amides is 1. The number of aromatic nitrogens is 4. The first-order valence-electron chi connectivity index (χ1n) is 11.4. The molecule has 3 heterocycles. The van der Waals surface area contributed by atoms with Crippen molar-refractivity contribution < 1.29 is 4.79 Å². The summed E-state index contributed by atoms with van der Waals surface area (Å²) in [6.07, 6.45) is 5.13. The van der Waals surface area contributed by atoms with E-state index in [2.05, 4.69) is 37.8 Å². The van der Waals surface area contributed by atoms with E-state index in [0.717, 1.165) is 44.3 Å². The van der Waals surface area contributed by atoms with E-state index in [4.69, 9.17) is 17.3 Å². The van der Waals surface area contributed by atoms with Gasteiger partial charge in [0, 0.05) is 6.04 Å². The molecule has 5 rings (SSSR count). The molecule has 3 aromatic rings. The number of halogens is 1. The summed E-state index contributed by atoms with van der Waals surface area (Å²) in [6.45, 7) is 1.68. The van der Waals surface area contributed by atoms with Gasteiger partial charge in [0.15, 0.2) is 17.2 Å². The van der Waals surface area contributed by atoms with E-state index >= 15 is 0 Å². The van der Waals surface area contributed by atoms with Crippen LogP contribution in [0.4, 0.5) is 17.5 Å². The van der Waals surface area contributed by atoms with E-state index in [0.29, 0.717) is 33.8 Å². The van der Waals surface area contributed by atoms with Gasteiger partial charge in [-0.1, -0.05) is 11.6 Å². The third kappa shape index (κ3) is 4.83. The number of nitriles is 2.